The van der Waals surface area contributed by atoms with Crippen LogP contribution in [-0.2, 0) is 6.54 Å². The largest absolute Gasteiger partial charge is 0.396 e. The van der Waals surface area contributed by atoms with Crippen molar-refractivity contribution >= 4 is 0 Å². The van der Waals surface area contributed by atoms with E-state index in [-0.39, 0.29) is 12.4 Å². The Morgan fingerprint density at radius 2 is 1.44 bits per heavy atom. The molecule has 0 saturated heterocycles. The number of nitrogens with one attached hydrogen (secondary N) is 1. The SMILES string of the molecule is OCCCNCc1ccc(-c2ccccc2)c(-c2ccccc2)c1F. The summed E-state index contributed by atoms with van der Waals surface area (Å²) in [5, 5.41) is 12.0. The van der Waals surface area contributed by atoms with Crippen molar-refractivity contribution in [3.05, 3.63) is 84.2 Å². The molecule has 128 valence electrons. The molecule has 0 aliphatic carbocycles. The van der Waals surface area contributed by atoms with Gasteiger partial charge in [-0.15, -0.1) is 0 Å². The maximum Gasteiger partial charge on any atom is 0.136 e. The molecule has 2 N–H and O–H groups in total. The Balaban J connectivity index is 2.03. The maximum atomic E-state index is 15.3. The average Bonchev–Trinajstić information content (AvgIpc) is 2.67. The van der Waals surface area contributed by atoms with Crippen LogP contribution < -0.4 is 5.32 Å². The summed E-state index contributed by atoms with van der Waals surface area (Å²) < 4.78 is 15.3. The fourth-order valence-electron chi connectivity index (χ4n) is 2.93. The van der Waals surface area contributed by atoms with Crippen molar-refractivity contribution in [3.63, 3.8) is 0 Å². The second kappa shape index (κ2) is 8.56. The Kier molecular flexibility index (Phi) is 5.94. The second-order valence-corrected chi connectivity index (χ2v) is 5.95. The number of hydrogen-bond donors (Lipinski definition) is 2. The standard InChI is InChI=1S/C22H22FNO/c23-22-19(16-24-14-7-15-25)12-13-20(17-8-3-1-4-9-17)21(22)18-10-5-2-6-11-18/h1-6,8-13,24-25H,7,14-16H2. The molecule has 2 nitrogen and oxygen atoms in total. The molecule has 0 aliphatic heterocycles. The molecule has 3 aromatic rings. The predicted molar refractivity (Wildman–Crippen MR) is 101 cm³/mol. The smallest absolute Gasteiger partial charge is 0.136 e. The van der Waals surface area contributed by atoms with Gasteiger partial charge in [-0.05, 0) is 29.7 Å². The summed E-state index contributed by atoms with van der Waals surface area (Å²) in [5.41, 5.74) is 4.03. The fourth-order valence-corrected chi connectivity index (χ4v) is 2.93. The molecule has 0 amide bonds. The van der Waals surface area contributed by atoms with Crippen molar-refractivity contribution in [2.75, 3.05) is 13.2 Å². The van der Waals surface area contributed by atoms with Crippen LogP contribution in [0, 0.1) is 5.82 Å². The number of rotatable bonds is 7. The van der Waals surface area contributed by atoms with Crippen molar-refractivity contribution < 1.29 is 9.50 Å². The third-order valence-corrected chi connectivity index (χ3v) is 4.20. The molecule has 0 bridgehead atoms. The zero-order valence-electron chi connectivity index (χ0n) is 14.1. The molecular weight excluding hydrogens is 313 g/mol. The summed E-state index contributed by atoms with van der Waals surface area (Å²) in [6.45, 7) is 1.25. The normalized spacial score (nSPS) is 10.8. The molecule has 0 saturated carbocycles. The van der Waals surface area contributed by atoms with Crippen molar-refractivity contribution in [1.82, 2.24) is 5.32 Å². The van der Waals surface area contributed by atoms with E-state index in [9.17, 15) is 0 Å². The molecule has 3 aromatic carbocycles. The Labute approximate surface area is 148 Å². The minimum Gasteiger partial charge on any atom is -0.396 e. The Bertz CT molecular complexity index is 803. The van der Waals surface area contributed by atoms with Gasteiger partial charge in [-0.25, -0.2) is 4.39 Å². The van der Waals surface area contributed by atoms with Gasteiger partial charge in [-0.2, -0.15) is 0 Å². The second-order valence-electron chi connectivity index (χ2n) is 5.95. The first-order valence-corrected chi connectivity index (χ1v) is 8.55. The molecule has 0 fully saturated rings. The fraction of sp³-hybridized carbons (Fsp3) is 0.182. The van der Waals surface area contributed by atoms with Gasteiger partial charge in [0, 0.05) is 24.3 Å². The minimum atomic E-state index is -0.191. The van der Waals surface area contributed by atoms with E-state index in [0.29, 0.717) is 30.6 Å². The first-order chi connectivity index (χ1) is 12.3. The summed E-state index contributed by atoms with van der Waals surface area (Å²) in [6, 6.07) is 23.4. The average molecular weight is 335 g/mol. The van der Waals surface area contributed by atoms with Crippen molar-refractivity contribution in [3.8, 4) is 22.3 Å². The molecule has 0 radical (unpaired) electrons. The van der Waals surface area contributed by atoms with Crippen LogP contribution in [0.25, 0.3) is 22.3 Å². The lowest BCUT2D eigenvalue weighted by Gasteiger charge is -2.15. The zero-order chi connectivity index (χ0) is 17.5. The number of benzene rings is 3. The molecule has 0 aromatic heterocycles. The van der Waals surface area contributed by atoms with Crippen LogP contribution in [0.2, 0.25) is 0 Å². The Hall–Kier alpha value is -2.49. The van der Waals surface area contributed by atoms with Gasteiger partial charge in [0.2, 0.25) is 0 Å². The monoisotopic (exact) mass is 335 g/mol. The van der Waals surface area contributed by atoms with E-state index in [4.69, 9.17) is 5.11 Å². The molecule has 0 atom stereocenters. The summed E-state index contributed by atoms with van der Waals surface area (Å²) >= 11 is 0. The van der Waals surface area contributed by atoms with Gasteiger partial charge >= 0.3 is 0 Å². The van der Waals surface area contributed by atoms with Gasteiger partial charge in [0.1, 0.15) is 5.82 Å². The van der Waals surface area contributed by atoms with Gasteiger partial charge in [0.05, 0.1) is 0 Å². The highest BCUT2D eigenvalue weighted by molar-refractivity contribution is 5.84. The molecule has 0 aliphatic rings. The zero-order valence-corrected chi connectivity index (χ0v) is 14.1. The molecule has 3 rings (SSSR count). The van der Waals surface area contributed by atoms with Crippen LogP contribution in [0.5, 0.6) is 0 Å². The number of aliphatic hydroxyl groups is 1. The quantitative estimate of drug-likeness (QED) is 0.617. The lowest BCUT2D eigenvalue weighted by Crippen LogP contribution is -2.17. The lowest BCUT2D eigenvalue weighted by molar-refractivity contribution is 0.286. The first-order valence-electron chi connectivity index (χ1n) is 8.55. The molecular formula is C22H22FNO. The van der Waals surface area contributed by atoms with E-state index >= 15 is 4.39 Å². The van der Waals surface area contributed by atoms with Crippen LogP contribution >= 0.6 is 0 Å². The molecule has 3 heteroatoms. The summed E-state index contributed by atoms with van der Waals surface area (Å²) in [4.78, 5) is 0. The third kappa shape index (κ3) is 4.13. The van der Waals surface area contributed by atoms with Crippen LogP contribution in [0.1, 0.15) is 12.0 Å². The van der Waals surface area contributed by atoms with Gasteiger partial charge in [0.25, 0.3) is 0 Å². The summed E-state index contributed by atoms with van der Waals surface area (Å²) in [7, 11) is 0. The third-order valence-electron chi connectivity index (χ3n) is 4.20. The maximum absolute atomic E-state index is 15.3. The van der Waals surface area contributed by atoms with E-state index < -0.39 is 0 Å². The highest BCUT2D eigenvalue weighted by atomic mass is 19.1. The molecule has 25 heavy (non-hydrogen) atoms. The van der Waals surface area contributed by atoms with E-state index in [0.717, 1.165) is 16.7 Å². The van der Waals surface area contributed by atoms with Crippen molar-refractivity contribution in [2.45, 2.75) is 13.0 Å². The topological polar surface area (TPSA) is 32.3 Å². The summed E-state index contributed by atoms with van der Waals surface area (Å²) in [5.74, 6) is -0.191. The number of hydrogen-bond acceptors (Lipinski definition) is 2. The molecule has 0 unspecified atom stereocenters. The van der Waals surface area contributed by atoms with Gasteiger partial charge in [-0.3, -0.25) is 0 Å². The van der Waals surface area contributed by atoms with Crippen LogP contribution in [-0.4, -0.2) is 18.3 Å². The van der Waals surface area contributed by atoms with Crippen LogP contribution in [0.15, 0.2) is 72.8 Å². The molecule has 0 heterocycles. The predicted octanol–water partition coefficient (Wildman–Crippen LogP) is 4.63. The van der Waals surface area contributed by atoms with E-state index in [1.54, 1.807) is 0 Å². The van der Waals surface area contributed by atoms with E-state index in [1.165, 1.54) is 0 Å². The number of halogens is 1. The van der Waals surface area contributed by atoms with Crippen LogP contribution in [0.4, 0.5) is 4.39 Å². The Morgan fingerprint density at radius 3 is 2.08 bits per heavy atom. The molecule has 0 spiro atoms. The minimum absolute atomic E-state index is 0.137. The first kappa shape index (κ1) is 17.3. The van der Waals surface area contributed by atoms with Crippen LogP contribution in [0.3, 0.4) is 0 Å². The van der Waals surface area contributed by atoms with E-state index in [2.05, 4.69) is 5.32 Å². The highest BCUT2D eigenvalue weighted by Gasteiger charge is 2.16. The highest BCUT2D eigenvalue weighted by Crippen LogP contribution is 2.35. The Morgan fingerprint density at radius 1 is 0.800 bits per heavy atom. The van der Waals surface area contributed by atoms with Gasteiger partial charge < -0.3 is 10.4 Å². The lowest BCUT2D eigenvalue weighted by atomic mass is 9.92. The number of aliphatic hydroxyl groups excluding tert-OH is 1. The van der Waals surface area contributed by atoms with Gasteiger partial charge in [-0.1, -0.05) is 72.8 Å². The van der Waals surface area contributed by atoms with Gasteiger partial charge in [0.15, 0.2) is 0 Å². The van der Waals surface area contributed by atoms with Crippen molar-refractivity contribution in [2.24, 2.45) is 0 Å². The summed E-state index contributed by atoms with van der Waals surface area (Å²) in [6.07, 6.45) is 0.662. The van der Waals surface area contributed by atoms with Crippen molar-refractivity contribution in [1.29, 1.82) is 0 Å². The van der Waals surface area contributed by atoms with E-state index in [1.807, 2.05) is 72.8 Å².